The molecule has 2 atom stereocenters. The number of hydrogen-bond donors (Lipinski definition) is 2. The van der Waals surface area contributed by atoms with Crippen molar-refractivity contribution in [3.8, 4) is 0 Å². The van der Waals surface area contributed by atoms with Gasteiger partial charge in [0.05, 0.1) is 6.20 Å². The van der Waals surface area contributed by atoms with Crippen LogP contribution in [0.1, 0.15) is 50.3 Å². The van der Waals surface area contributed by atoms with Crippen molar-refractivity contribution in [3.63, 3.8) is 0 Å². The van der Waals surface area contributed by atoms with Crippen LogP contribution in [0.3, 0.4) is 0 Å². The molecule has 2 amide bonds. The van der Waals surface area contributed by atoms with Gasteiger partial charge in [-0.05, 0) is 38.5 Å². The van der Waals surface area contributed by atoms with Gasteiger partial charge in [0.25, 0.3) is 0 Å². The first-order chi connectivity index (χ1) is 12.4. The highest BCUT2D eigenvalue weighted by molar-refractivity contribution is 5.76. The summed E-state index contributed by atoms with van der Waals surface area (Å²) in [6, 6.07) is 0.641. The first kappa shape index (κ1) is 18.9. The fourth-order valence-electron chi connectivity index (χ4n) is 3.81. The lowest BCUT2D eigenvalue weighted by molar-refractivity contribution is -0.122. The van der Waals surface area contributed by atoms with E-state index >= 15 is 0 Å². The van der Waals surface area contributed by atoms with E-state index in [-0.39, 0.29) is 17.9 Å². The summed E-state index contributed by atoms with van der Waals surface area (Å²) in [7, 11) is 1.91. The summed E-state index contributed by atoms with van der Waals surface area (Å²) in [5, 5.41) is 10.2. The van der Waals surface area contributed by atoms with E-state index in [1.807, 2.05) is 24.9 Å². The quantitative estimate of drug-likeness (QED) is 0.727. The molecule has 0 unspecified atom stereocenters. The highest BCUT2D eigenvalue weighted by atomic mass is 16.2. The zero-order valence-corrected chi connectivity index (χ0v) is 16.1. The Hall–Kier alpha value is -1.89. The lowest BCUT2D eigenvalue weighted by Gasteiger charge is -2.30. The number of likely N-dealkylation sites (tertiary alicyclic amines) is 1. The lowest BCUT2D eigenvalue weighted by atomic mass is 10.1. The smallest absolute Gasteiger partial charge is 0.221 e. The van der Waals surface area contributed by atoms with Gasteiger partial charge in [-0.1, -0.05) is 0 Å². The molecule has 0 bridgehead atoms. The molecule has 1 saturated heterocycles. The molecule has 0 aromatic carbocycles. The predicted octanol–water partition coefficient (Wildman–Crippen LogP) is 1.11. The van der Waals surface area contributed by atoms with Crippen LogP contribution < -0.4 is 10.6 Å². The molecule has 0 radical (unpaired) electrons. The van der Waals surface area contributed by atoms with E-state index in [9.17, 15) is 9.59 Å². The number of carbonyl (C=O) groups excluding carboxylic acids is 2. The van der Waals surface area contributed by atoms with Crippen molar-refractivity contribution < 1.29 is 9.59 Å². The zero-order valence-electron chi connectivity index (χ0n) is 16.1. The number of aromatic nitrogens is 2. The molecule has 1 aliphatic carbocycles. The number of aryl methyl sites for hydroxylation is 1. The Labute approximate surface area is 155 Å². The highest BCUT2D eigenvalue weighted by Crippen LogP contribution is 2.35. The summed E-state index contributed by atoms with van der Waals surface area (Å²) in [6.07, 6.45) is 7.00. The van der Waals surface area contributed by atoms with Gasteiger partial charge in [-0.15, -0.1) is 0 Å². The molecule has 7 heteroatoms. The summed E-state index contributed by atoms with van der Waals surface area (Å²) < 4.78 is 1.82. The maximum absolute atomic E-state index is 12.5. The molecule has 26 heavy (non-hydrogen) atoms. The summed E-state index contributed by atoms with van der Waals surface area (Å²) >= 11 is 0. The summed E-state index contributed by atoms with van der Waals surface area (Å²) in [5.41, 5.74) is 2.14. The lowest BCUT2D eigenvalue weighted by Crippen LogP contribution is -2.45. The van der Waals surface area contributed by atoms with Gasteiger partial charge in [0.2, 0.25) is 11.8 Å². The second kappa shape index (κ2) is 8.20. The second-order valence-electron chi connectivity index (χ2n) is 7.82. The van der Waals surface area contributed by atoms with E-state index in [1.165, 1.54) is 12.8 Å². The average molecular weight is 361 g/mol. The average Bonchev–Trinajstić information content (AvgIpc) is 3.26. The van der Waals surface area contributed by atoms with Gasteiger partial charge in [-0.3, -0.25) is 19.2 Å². The number of amides is 2. The Morgan fingerprint density at radius 1 is 1.19 bits per heavy atom. The zero-order chi connectivity index (χ0) is 18.7. The third-order valence-electron chi connectivity index (χ3n) is 5.76. The maximum atomic E-state index is 12.5. The molecule has 1 aliphatic heterocycles. The van der Waals surface area contributed by atoms with Crippen molar-refractivity contribution >= 4 is 11.8 Å². The normalized spacial score (nSPS) is 23.2. The molecule has 1 aromatic heterocycles. The third kappa shape index (κ3) is 4.84. The van der Waals surface area contributed by atoms with Gasteiger partial charge in [-0.2, -0.15) is 5.10 Å². The van der Waals surface area contributed by atoms with Crippen LogP contribution in [0.4, 0.5) is 0 Å². The van der Waals surface area contributed by atoms with Crippen LogP contribution in [0.15, 0.2) is 6.20 Å². The fraction of sp³-hybridized carbons (Fsp3) is 0.737. The van der Waals surface area contributed by atoms with E-state index in [4.69, 9.17) is 0 Å². The van der Waals surface area contributed by atoms with Crippen LogP contribution in [0.2, 0.25) is 0 Å². The molecule has 2 fully saturated rings. The number of nitrogens with one attached hydrogen (secondary N) is 2. The van der Waals surface area contributed by atoms with Crippen molar-refractivity contribution in [3.05, 3.63) is 17.5 Å². The van der Waals surface area contributed by atoms with Crippen molar-refractivity contribution in [1.29, 1.82) is 0 Å². The predicted molar refractivity (Wildman–Crippen MR) is 99.3 cm³/mol. The van der Waals surface area contributed by atoms with E-state index in [0.29, 0.717) is 25.6 Å². The van der Waals surface area contributed by atoms with Crippen molar-refractivity contribution in [2.45, 2.75) is 64.6 Å². The summed E-state index contributed by atoms with van der Waals surface area (Å²) in [5.74, 6) is 0.889. The summed E-state index contributed by atoms with van der Waals surface area (Å²) in [4.78, 5) is 26.2. The van der Waals surface area contributed by atoms with Gasteiger partial charge in [0, 0.05) is 63.4 Å². The molecular weight excluding hydrogens is 330 g/mol. The molecule has 2 N–H and O–H groups in total. The topological polar surface area (TPSA) is 79.3 Å². The number of hydrogen-bond acceptors (Lipinski definition) is 4. The van der Waals surface area contributed by atoms with Crippen LogP contribution >= 0.6 is 0 Å². The molecule has 2 heterocycles. The highest BCUT2D eigenvalue weighted by Gasteiger charge is 2.37. The van der Waals surface area contributed by atoms with Gasteiger partial charge < -0.3 is 10.6 Å². The minimum atomic E-state index is 0.0180. The van der Waals surface area contributed by atoms with E-state index in [2.05, 4.69) is 20.6 Å². The SMILES string of the molecule is CC(=O)NC[C@H]1CC[C@@H](CC(=O)NCc2cnn(C)c2C)N1CC1CC1. The van der Waals surface area contributed by atoms with Crippen LogP contribution in [0.25, 0.3) is 0 Å². The van der Waals surface area contributed by atoms with Crippen LogP contribution in [0.5, 0.6) is 0 Å². The first-order valence-electron chi connectivity index (χ1n) is 9.68. The largest absolute Gasteiger partial charge is 0.355 e. The van der Waals surface area contributed by atoms with Gasteiger partial charge in [-0.25, -0.2) is 0 Å². The Kier molecular flexibility index (Phi) is 5.96. The molecule has 144 valence electrons. The minimum Gasteiger partial charge on any atom is -0.355 e. The number of rotatable bonds is 8. The molecule has 7 nitrogen and oxygen atoms in total. The number of nitrogens with zero attached hydrogens (tertiary/aromatic N) is 3. The Morgan fingerprint density at radius 3 is 2.54 bits per heavy atom. The number of carbonyl (C=O) groups is 2. The van der Waals surface area contributed by atoms with E-state index < -0.39 is 0 Å². The summed E-state index contributed by atoms with van der Waals surface area (Å²) in [6.45, 7) is 5.85. The Morgan fingerprint density at radius 2 is 1.92 bits per heavy atom. The van der Waals surface area contributed by atoms with Crippen LogP contribution in [-0.2, 0) is 23.2 Å². The van der Waals surface area contributed by atoms with E-state index in [1.54, 1.807) is 6.92 Å². The molecular formula is C19H31N5O2. The Balaban J connectivity index is 1.52. The van der Waals surface area contributed by atoms with Crippen molar-refractivity contribution in [1.82, 2.24) is 25.3 Å². The standard InChI is InChI=1S/C19H31N5O2/c1-13-16(10-22-23(13)3)9-21-19(26)8-17-6-7-18(11-20-14(2)25)24(17)12-15-4-5-15/h10,15,17-18H,4-9,11-12H2,1-3H3,(H,20,25)(H,21,26)/t17-,18+/m0/s1. The second-order valence-corrected chi connectivity index (χ2v) is 7.82. The first-order valence-corrected chi connectivity index (χ1v) is 9.68. The minimum absolute atomic E-state index is 0.0180. The monoisotopic (exact) mass is 361 g/mol. The molecule has 1 saturated carbocycles. The third-order valence-corrected chi connectivity index (χ3v) is 5.76. The molecule has 1 aromatic rings. The van der Waals surface area contributed by atoms with E-state index in [0.717, 1.165) is 36.6 Å². The van der Waals surface area contributed by atoms with Crippen LogP contribution in [0, 0.1) is 12.8 Å². The van der Waals surface area contributed by atoms with Gasteiger partial charge in [0.1, 0.15) is 0 Å². The van der Waals surface area contributed by atoms with Gasteiger partial charge >= 0.3 is 0 Å². The van der Waals surface area contributed by atoms with Gasteiger partial charge in [0.15, 0.2) is 0 Å². The molecule has 3 rings (SSSR count). The van der Waals surface area contributed by atoms with Crippen LogP contribution in [-0.4, -0.2) is 51.7 Å². The Bertz CT molecular complexity index is 652. The molecule has 0 spiro atoms. The van der Waals surface area contributed by atoms with Crippen molar-refractivity contribution in [2.24, 2.45) is 13.0 Å². The fourth-order valence-corrected chi connectivity index (χ4v) is 3.81. The molecule has 2 aliphatic rings. The van der Waals surface area contributed by atoms with Crippen molar-refractivity contribution in [2.75, 3.05) is 13.1 Å². The maximum Gasteiger partial charge on any atom is 0.221 e.